The number of aromatic nitrogens is 6. The predicted octanol–water partition coefficient (Wildman–Crippen LogP) is 13.9. The lowest BCUT2D eigenvalue weighted by molar-refractivity contribution is 0.891. The fourth-order valence-electron chi connectivity index (χ4n) is 9.82. The van der Waals surface area contributed by atoms with Crippen molar-refractivity contribution in [2.24, 2.45) is 0 Å². The van der Waals surface area contributed by atoms with Gasteiger partial charge in [-0.3, -0.25) is 0 Å². The highest BCUT2D eigenvalue weighted by molar-refractivity contribution is 6.26. The van der Waals surface area contributed by atoms with Crippen molar-refractivity contribution in [3.05, 3.63) is 218 Å². The van der Waals surface area contributed by atoms with Gasteiger partial charge in [0.1, 0.15) is 0 Å². The van der Waals surface area contributed by atoms with Gasteiger partial charge >= 0.3 is 0 Å². The Balaban J connectivity index is 1.08. The quantitative estimate of drug-likeness (QED) is 0.168. The Bertz CT molecular complexity index is 3850. The number of benzene rings is 9. The van der Waals surface area contributed by atoms with Crippen LogP contribution in [0, 0.1) is 0 Å². The van der Waals surface area contributed by atoms with Crippen molar-refractivity contribution >= 4 is 65.4 Å². The van der Waals surface area contributed by atoms with Crippen LogP contribution >= 0.6 is 0 Å². The van der Waals surface area contributed by atoms with Crippen LogP contribution in [0.15, 0.2) is 218 Å². The van der Waals surface area contributed by atoms with Crippen molar-refractivity contribution in [1.29, 1.82) is 0 Å². The summed E-state index contributed by atoms with van der Waals surface area (Å²) in [6.45, 7) is 0. The minimum absolute atomic E-state index is 0.679. The van der Waals surface area contributed by atoms with Crippen molar-refractivity contribution in [3.63, 3.8) is 0 Å². The largest absolute Gasteiger partial charge is 0.309 e. The maximum absolute atomic E-state index is 5.31. The minimum atomic E-state index is 0.679. The molecule has 0 unspecified atom stereocenters. The third-order valence-electron chi connectivity index (χ3n) is 12.4. The van der Waals surface area contributed by atoms with Gasteiger partial charge in [0.2, 0.25) is 0 Å². The van der Waals surface area contributed by atoms with Crippen molar-refractivity contribution in [1.82, 2.24) is 28.5 Å². The van der Waals surface area contributed by atoms with Crippen molar-refractivity contribution in [2.45, 2.75) is 0 Å². The lowest BCUT2D eigenvalue weighted by atomic mass is 10.1. The molecule has 13 aromatic rings. The van der Waals surface area contributed by atoms with E-state index >= 15 is 0 Å². The summed E-state index contributed by atoms with van der Waals surface area (Å²) in [6, 6.07) is 77.8. The maximum Gasteiger partial charge on any atom is 0.182 e. The van der Waals surface area contributed by atoms with Crippen LogP contribution in [-0.2, 0) is 0 Å². The van der Waals surface area contributed by atoms with Gasteiger partial charge in [-0.15, -0.1) is 5.10 Å². The van der Waals surface area contributed by atoms with Crippen LogP contribution in [0.5, 0.6) is 0 Å². The third kappa shape index (κ3) is 5.04. The molecule has 4 aromatic heterocycles. The summed E-state index contributed by atoms with van der Waals surface area (Å²) in [5.41, 5.74) is 13.1. The molecule has 13 rings (SSSR count). The van der Waals surface area contributed by atoms with Gasteiger partial charge in [-0.05, 0) is 72.8 Å². The molecule has 0 atom stereocenters. The standard InChI is InChI=1S/C56H36N6/c1-4-18-37(19-5-1)55-57-56(62(58-55)39-22-8-3-9-23-39)47-30-17-29-44-42-26-10-14-32-49(42)61(53(44)47)41-25-16-24-40(36-41)59-50-33-15-12-28-46(50)52-51(59)35-34-45-43-27-11-13-31-48(43)60(54(45)52)38-20-6-2-7-21-38/h1-36H. The van der Waals surface area contributed by atoms with Crippen molar-refractivity contribution in [3.8, 4) is 45.5 Å². The molecule has 0 N–H and O–H groups in total. The Morgan fingerprint density at radius 3 is 1.52 bits per heavy atom. The van der Waals surface area contributed by atoms with Gasteiger partial charge in [-0.25, -0.2) is 9.67 Å². The van der Waals surface area contributed by atoms with E-state index in [1.807, 2.05) is 41.1 Å². The molecule has 0 fully saturated rings. The number of hydrogen-bond donors (Lipinski definition) is 0. The molecule has 0 saturated carbocycles. The lowest BCUT2D eigenvalue weighted by Gasteiger charge is -2.15. The van der Waals surface area contributed by atoms with Gasteiger partial charge in [-0.2, -0.15) is 0 Å². The molecule has 0 spiro atoms. The normalized spacial score (nSPS) is 11.9. The van der Waals surface area contributed by atoms with Crippen LogP contribution in [0.2, 0.25) is 0 Å². The highest BCUT2D eigenvalue weighted by atomic mass is 15.4. The zero-order valence-electron chi connectivity index (χ0n) is 33.5. The Morgan fingerprint density at radius 1 is 0.323 bits per heavy atom. The molecule has 0 aliphatic rings. The molecule has 9 aromatic carbocycles. The first-order valence-electron chi connectivity index (χ1n) is 21.0. The van der Waals surface area contributed by atoms with Gasteiger partial charge < -0.3 is 13.7 Å². The second kappa shape index (κ2) is 13.5. The van der Waals surface area contributed by atoms with E-state index in [1.54, 1.807) is 0 Å². The SMILES string of the molecule is c1ccc(-c2nc(-c3cccc4c5ccccc5n(-c5cccc(-n6c7ccccc7c7c6ccc6c8ccccc8n(-c8ccccc8)c67)c5)c34)n(-c3ccccc3)n2)cc1. The topological polar surface area (TPSA) is 45.5 Å². The summed E-state index contributed by atoms with van der Waals surface area (Å²) in [7, 11) is 0. The van der Waals surface area contributed by atoms with E-state index in [1.165, 1.54) is 38.0 Å². The van der Waals surface area contributed by atoms with E-state index in [4.69, 9.17) is 10.1 Å². The van der Waals surface area contributed by atoms with Crippen LogP contribution in [-0.4, -0.2) is 28.5 Å². The molecule has 62 heavy (non-hydrogen) atoms. The highest BCUT2D eigenvalue weighted by Gasteiger charge is 2.24. The second-order valence-corrected chi connectivity index (χ2v) is 15.8. The van der Waals surface area contributed by atoms with Crippen LogP contribution in [0.4, 0.5) is 0 Å². The molecule has 4 heterocycles. The number of fused-ring (bicyclic) bond motifs is 10. The monoisotopic (exact) mass is 792 g/mol. The zero-order valence-corrected chi connectivity index (χ0v) is 33.5. The summed E-state index contributed by atoms with van der Waals surface area (Å²) in [5, 5.41) is 12.4. The summed E-state index contributed by atoms with van der Waals surface area (Å²) < 4.78 is 9.28. The average molecular weight is 793 g/mol. The van der Waals surface area contributed by atoms with Crippen LogP contribution in [0.3, 0.4) is 0 Å². The summed E-state index contributed by atoms with van der Waals surface area (Å²) in [6.07, 6.45) is 0. The molecule has 0 aliphatic heterocycles. The molecule has 6 heteroatoms. The first-order valence-corrected chi connectivity index (χ1v) is 21.0. The molecule has 0 saturated heterocycles. The zero-order chi connectivity index (χ0) is 40.7. The van der Waals surface area contributed by atoms with Crippen molar-refractivity contribution in [2.75, 3.05) is 0 Å². The maximum atomic E-state index is 5.31. The smallest absolute Gasteiger partial charge is 0.182 e. The number of para-hydroxylation sites is 6. The molecule has 0 radical (unpaired) electrons. The number of rotatable bonds is 6. The third-order valence-corrected chi connectivity index (χ3v) is 12.4. The fraction of sp³-hybridized carbons (Fsp3) is 0. The van der Waals surface area contributed by atoms with Gasteiger partial charge in [0.05, 0.1) is 38.8 Å². The second-order valence-electron chi connectivity index (χ2n) is 15.8. The molecule has 0 bridgehead atoms. The predicted molar refractivity (Wildman–Crippen MR) is 255 cm³/mol. The summed E-state index contributed by atoms with van der Waals surface area (Å²) in [4.78, 5) is 5.31. The van der Waals surface area contributed by atoms with E-state index in [0.717, 1.165) is 67.2 Å². The van der Waals surface area contributed by atoms with Crippen molar-refractivity contribution < 1.29 is 0 Å². The van der Waals surface area contributed by atoms with Crippen LogP contribution in [0.1, 0.15) is 0 Å². The Kier molecular flexibility index (Phi) is 7.50. The summed E-state index contributed by atoms with van der Waals surface area (Å²) in [5.74, 6) is 1.46. The molecular formula is C56H36N6. The van der Waals surface area contributed by atoms with Gasteiger partial charge in [0.25, 0.3) is 0 Å². The molecule has 6 nitrogen and oxygen atoms in total. The fourth-order valence-corrected chi connectivity index (χ4v) is 9.82. The van der Waals surface area contributed by atoms with Gasteiger partial charge in [0.15, 0.2) is 11.6 Å². The van der Waals surface area contributed by atoms with E-state index in [-0.39, 0.29) is 0 Å². The first kappa shape index (κ1) is 34.4. The van der Waals surface area contributed by atoms with E-state index in [9.17, 15) is 0 Å². The first-order chi connectivity index (χ1) is 30.8. The molecule has 0 amide bonds. The molecule has 290 valence electrons. The summed E-state index contributed by atoms with van der Waals surface area (Å²) >= 11 is 0. The highest BCUT2D eigenvalue weighted by Crippen LogP contribution is 2.43. The lowest BCUT2D eigenvalue weighted by Crippen LogP contribution is -2.02. The Hall–Kier alpha value is -8.48. The van der Waals surface area contributed by atoms with Gasteiger partial charge in [0, 0.05) is 60.5 Å². The van der Waals surface area contributed by atoms with Gasteiger partial charge in [-0.1, -0.05) is 146 Å². The number of hydrogen-bond acceptors (Lipinski definition) is 2. The minimum Gasteiger partial charge on any atom is -0.309 e. The average Bonchev–Trinajstić information content (AvgIpc) is 4.11. The Labute approximate surface area is 356 Å². The Morgan fingerprint density at radius 2 is 0.823 bits per heavy atom. The molecular weight excluding hydrogens is 757 g/mol. The van der Waals surface area contributed by atoms with E-state index in [2.05, 4.69) is 196 Å². The van der Waals surface area contributed by atoms with Crippen LogP contribution < -0.4 is 0 Å². The number of nitrogens with zero attached hydrogens (tertiary/aromatic N) is 6. The van der Waals surface area contributed by atoms with E-state index in [0.29, 0.717) is 5.82 Å². The van der Waals surface area contributed by atoms with Crippen LogP contribution in [0.25, 0.3) is 111 Å². The van der Waals surface area contributed by atoms with E-state index < -0.39 is 0 Å². The molecule has 0 aliphatic carbocycles.